The van der Waals surface area contributed by atoms with Gasteiger partial charge in [-0.2, -0.15) is 0 Å². The maximum absolute atomic E-state index is 13.3. The van der Waals surface area contributed by atoms with Gasteiger partial charge in [0.15, 0.2) is 0 Å². The minimum atomic E-state index is -0.287. The van der Waals surface area contributed by atoms with Gasteiger partial charge in [-0.1, -0.05) is 6.07 Å². The highest BCUT2D eigenvalue weighted by Gasteiger charge is 2.15. The molecule has 90 valence electrons. The van der Waals surface area contributed by atoms with Crippen molar-refractivity contribution in [2.24, 2.45) is 4.99 Å². The Hall–Kier alpha value is -1.71. The molecule has 1 saturated heterocycles. The van der Waals surface area contributed by atoms with Crippen LogP contribution >= 0.6 is 0 Å². The molecular weight excluding hydrogens is 223 g/mol. The van der Waals surface area contributed by atoms with Crippen LogP contribution in [0.25, 0.3) is 0 Å². The number of nitrogens with zero attached hydrogens (tertiary/aromatic N) is 2. The van der Waals surface area contributed by atoms with Gasteiger partial charge in [0.2, 0.25) is 6.08 Å². The Morgan fingerprint density at radius 1 is 1.41 bits per heavy atom. The van der Waals surface area contributed by atoms with Gasteiger partial charge in [0, 0.05) is 18.8 Å². The van der Waals surface area contributed by atoms with Gasteiger partial charge in [-0.15, -0.1) is 0 Å². The number of hydrogen-bond acceptors (Lipinski definition) is 4. The third-order valence-corrected chi connectivity index (χ3v) is 2.71. The van der Waals surface area contributed by atoms with Crippen LogP contribution in [0.4, 0.5) is 10.1 Å². The van der Waals surface area contributed by atoms with Crippen molar-refractivity contribution in [1.82, 2.24) is 0 Å². The second-order valence-electron chi connectivity index (χ2n) is 3.78. The standard InChI is InChI=1S/C12H13FN2O2/c13-11-2-1-10(8-14-9-16)12(7-11)15-3-5-17-6-4-15/h1-2,7H,3-6,8H2. The van der Waals surface area contributed by atoms with Crippen molar-refractivity contribution in [3.63, 3.8) is 0 Å². The number of morpholine rings is 1. The molecule has 0 amide bonds. The fourth-order valence-electron chi connectivity index (χ4n) is 1.89. The van der Waals surface area contributed by atoms with Crippen molar-refractivity contribution in [2.75, 3.05) is 31.2 Å². The lowest BCUT2D eigenvalue weighted by Crippen LogP contribution is -2.36. The molecule has 1 heterocycles. The maximum atomic E-state index is 13.3. The molecule has 0 saturated carbocycles. The van der Waals surface area contributed by atoms with Crippen LogP contribution in [0.3, 0.4) is 0 Å². The minimum Gasteiger partial charge on any atom is -0.378 e. The van der Waals surface area contributed by atoms with Gasteiger partial charge in [0.1, 0.15) is 5.82 Å². The SMILES string of the molecule is O=C=NCc1ccc(F)cc1N1CCOCC1. The molecule has 1 fully saturated rings. The van der Waals surface area contributed by atoms with Crippen LogP contribution in [0.2, 0.25) is 0 Å². The van der Waals surface area contributed by atoms with Crippen molar-refractivity contribution in [1.29, 1.82) is 0 Å². The monoisotopic (exact) mass is 236 g/mol. The molecule has 0 atom stereocenters. The van der Waals surface area contributed by atoms with E-state index < -0.39 is 0 Å². The van der Waals surface area contributed by atoms with E-state index in [1.165, 1.54) is 18.2 Å². The van der Waals surface area contributed by atoms with Gasteiger partial charge >= 0.3 is 0 Å². The second-order valence-corrected chi connectivity index (χ2v) is 3.78. The van der Waals surface area contributed by atoms with Crippen LogP contribution in [0, 0.1) is 5.82 Å². The Morgan fingerprint density at radius 2 is 2.18 bits per heavy atom. The van der Waals surface area contributed by atoms with Crippen LogP contribution in [-0.2, 0) is 16.1 Å². The van der Waals surface area contributed by atoms with E-state index in [-0.39, 0.29) is 12.4 Å². The van der Waals surface area contributed by atoms with Gasteiger partial charge in [0.25, 0.3) is 0 Å². The van der Waals surface area contributed by atoms with Crippen LogP contribution in [0.15, 0.2) is 23.2 Å². The average molecular weight is 236 g/mol. The van der Waals surface area contributed by atoms with Gasteiger partial charge in [-0.3, -0.25) is 0 Å². The Labute approximate surface area is 98.7 Å². The summed E-state index contributed by atoms with van der Waals surface area (Å²) >= 11 is 0. The Bertz CT molecular complexity index is 438. The lowest BCUT2D eigenvalue weighted by molar-refractivity contribution is 0.122. The Kier molecular flexibility index (Phi) is 3.85. The lowest BCUT2D eigenvalue weighted by Gasteiger charge is -2.30. The summed E-state index contributed by atoms with van der Waals surface area (Å²) in [7, 11) is 0. The molecule has 5 heteroatoms. The first-order valence-electron chi connectivity index (χ1n) is 5.46. The molecule has 0 spiro atoms. The highest BCUT2D eigenvalue weighted by molar-refractivity contribution is 5.54. The number of ether oxygens (including phenoxy) is 1. The molecule has 0 aromatic heterocycles. The van der Waals surface area contributed by atoms with E-state index in [9.17, 15) is 9.18 Å². The molecule has 0 unspecified atom stereocenters. The molecule has 1 aliphatic rings. The molecule has 0 bridgehead atoms. The van der Waals surface area contributed by atoms with Crippen molar-refractivity contribution >= 4 is 11.8 Å². The third kappa shape index (κ3) is 2.90. The normalized spacial score (nSPS) is 15.5. The van der Waals surface area contributed by atoms with Gasteiger partial charge in [-0.25, -0.2) is 14.2 Å². The van der Waals surface area contributed by atoms with E-state index >= 15 is 0 Å². The zero-order valence-electron chi connectivity index (χ0n) is 9.36. The van der Waals surface area contributed by atoms with Gasteiger partial charge in [0.05, 0.1) is 19.8 Å². The summed E-state index contributed by atoms with van der Waals surface area (Å²) in [5.41, 5.74) is 1.61. The summed E-state index contributed by atoms with van der Waals surface area (Å²) < 4.78 is 18.5. The number of hydrogen-bond donors (Lipinski definition) is 0. The fourth-order valence-corrected chi connectivity index (χ4v) is 1.89. The van der Waals surface area contributed by atoms with Crippen LogP contribution in [-0.4, -0.2) is 32.4 Å². The summed E-state index contributed by atoms with van der Waals surface area (Å²) in [6.07, 6.45) is 1.50. The first kappa shape index (κ1) is 11.8. The van der Waals surface area contributed by atoms with E-state index in [1.54, 1.807) is 6.07 Å². The van der Waals surface area contributed by atoms with E-state index in [2.05, 4.69) is 4.99 Å². The van der Waals surface area contributed by atoms with Crippen LogP contribution < -0.4 is 4.90 Å². The summed E-state index contributed by atoms with van der Waals surface area (Å²) in [4.78, 5) is 15.7. The predicted octanol–water partition coefficient (Wildman–Crippen LogP) is 1.50. The number of carbonyl (C=O) groups excluding carboxylic acids is 1. The van der Waals surface area contributed by atoms with Crippen LogP contribution in [0.5, 0.6) is 0 Å². The maximum Gasteiger partial charge on any atom is 0.235 e. The molecule has 1 aliphatic heterocycles. The summed E-state index contributed by atoms with van der Waals surface area (Å²) in [6.45, 7) is 2.94. The highest BCUT2D eigenvalue weighted by atomic mass is 19.1. The fraction of sp³-hybridized carbons (Fsp3) is 0.417. The molecule has 0 N–H and O–H groups in total. The highest BCUT2D eigenvalue weighted by Crippen LogP contribution is 2.23. The molecule has 0 aliphatic carbocycles. The van der Waals surface area contributed by atoms with E-state index in [0.717, 1.165) is 24.3 Å². The molecular formula is C12H13FN2O2. The van der Waals surface area contributed by atoms with E-state index in [4.69, 9.17) is 4.74 Å². The molecule has 2 rings (SSSR count). The molecule has 1 aromatic rings. The van der Waals surface area contributed by atoms with Crippen LogP contribution in [0.1, 0.15) is 5.56 Å². The number of aliphatic imine (C=N–C) groups is 1. The number of rotatable bonds is 3. The van der Waals surface area contributed by atoms with Crippen molar-refractivity contribution in [3.8, 4) is 0 Å². The molecule has 0 radical (unpaired) electrons. The minimum absolute atomic E-state index is 0.233. The van der Waals surface area contributed by atoms with E-state index in [1.807, 2.05) is 4.90 Å². The molecule has 1 aromatic carbocycles. The smallest absolute Gasteiger partial charge is 0.235 e. The summed E-state index contributed by atoms with van der Waals surface area (Å²) in [5.74, 6) is -0.287. The average Bonchev–Trinajstić information content (AvgIpc) is 2.38. The first-order chi connectivity index (χ1) is 8.31. The van der Waals surface area contributed by atoms with Gasteiger partial charge < -0.3 is 9.64 Å². The number of isocyanates is 1. The largest absolute Gasteiger partial charge is 0.378 e. The molecule has 17 heavy (non-hydrogen) atoms. The first-order valence-corrected chi connectivity index (χ1v) is 5.46. The number of halogens is 1. The Morgan fingerprint density at radius 3 is 2.88 bits per heavy atom. The molecule has 4 nitrogen and oxygen atoms in total. The van der Waals surface area contributed by atoms with Crippen molar-refractivity contribution in [3.05, 3.63) is 29.6 Å². The second kappa shape index (κ2) is 5.57. The summed E-state index contributed by atoms with van der Waals surface area (Å²) in [6, 6.07) is 4.50. The van der Waals surface area contributed by atoms with Gasteiger partial charge in [-0.05, 0) is 17.7 Å². The summed E-state index contributed by atoms with van der Waals surface area (Å²) in [5, 5.41) is 0. The zero-order valence-corrected chi connectivity index (χ0v) is 9.36. The predicted molar refractivity (Wildman–Crippen MR) is 61.3 cm³/mol. The lowest BCUT2D eigenvalue weighted by atomic mass is 10.1. The number of anilines is 1. The quantitative estimate of drug-likeness (QED) is 0.590. The number of benzene rings is 1. The Balaban J connectivity index is 2.27. The van der Waals surface area contributed by atoms with Crippen molar-refractivity contribution in [2.45, 2.75) is 6.54 Å². The topological polar surface area (TPSA) is 41.9 Å². The van der Waals surface area contributed by atoms with E-state index in [0.29, 0.717) is 13.2 Å². The van der Waals surface area contributed by atoms with Crippen molar-refractivity contribution < 1.29 is 13.9 Å². The third-order valence-electron chi connectivity index (χ3n) is 2.71. The zero-order chi connectivity index (χ0) is 12.1.